The van der Waals surface area contributed by atoms with Crippen molar-refractivity contribution in [3.8, 4) is 0 Å². The molecular formula is C12H16N4O2S. The first-order valence-corrected chi connectivity index (χ1v) is 7.45. The highest BCUT2D eigenvalue weighted by atomic mass is 32.2. The van der Waals surface area contributed by atoms with Gasteiger partial charge in [0.25, 0.3) is 0 Å². The second-order valence-electron chi connectivity index (χ2n) is 4.31. The first-order chi connectivity index (χ1) is 8.94. The highest BCUT2D eigenvalue weighted by Crippen LogP contribution is 2.12. The molecule has 2 aromatic rings. The Morgan fingerprint density at radius 1 is 1.32 bits per heavy atom. The van der Waals surface area contributed by atoms with Gasteiger partial charge in [-0.25, -0.2) is 18.5 Å². The van der Waals surface area contributed by atoms with E-state index < -0.39 is 10.0 Å². The third-order valence-electron chi connectivity index (χ3n) is 2.69. The van der Waals surface area contributed by atoms with Crippen molar-refractivity contribution in [2.45, 2.75) is 12.3 Å². The van der Waals surface area contributed by atoms with E-state index in [-0.39, 0.29) is 5.75 Å². The van der Waals surface area contributed by atoms with Crippen LogP contribution in [-0.4, -0.2) is 18.0 Å². The highest BCUT2D eigenvalue weighted by Gasteiger charge is 2.05. The summed E-state index contributed by atoms with van der Waals surface area (Å²) in [7, 11) is -1.55. The zero-order valence-corrected chi connectivity index (χ0v) is 11.4. The lowest BCUT2D eigenvalue weighted by Crippen LogP contribution is -2.14. The van der Waals surface area contributed by atoms with Gasteiger partial charge in [0, 0.05) is 25.1 Å². The average molecular weight is 280 g/mol. The molecule has 0 aliphatic heterocycles. The number of nitrogens with two attached hydrogens (primary N) is 1. The molecule has 7 heteroatoms. The molecule has 6 nitrogen and oxygen atoms in total. The van der Waals surface area contributed by atoms with Crippen molar-refractivity contribution in [3.05, 3.63) is 48.0 Å². The molecule has 0 aliphatic rings. The van der Waals surface area contributed by atoms with Gasteiger partial charge in [-0.15, -0.1) is 0 Å². The van der Waals surface area contributed by atoms with E-state index in [0.29, 0.717) is 12.1 Å². The minimum atomic E-state index is -3.48. The number of aryl methyl sites for hydroxylation is 1. The molecule has 0 bridgehead atoms. The van der Waals surface area contributed by atoms with Crippen LogP contribution in [0, 0.1) is 0 Å². The predicted octanol–water partition coefficient (Wildman–Crippen LogP) is 0.821. The fourth-order valence-corrected chi connectivity index (χ4v) is 2.36. The lowest BCUT2D eigenvalue weighted by atomic mass is 10.2. The van der Waals surface area contributed by atoms with Crippen molar-refractivity contribution in [3.63, 3.8) is 0 Å². The van der Waals surface area contributed by atoms with Gasteiger partial charge < -0.3 is 9.88 Å². The van der Waals surface area contributed by atoms with Crippen molar-refractivity contribution in [1.82, 2.24) is 9.55 Å². The van der Waals surface area contributed by atoms with Gasteiger partial charge in [0.1, 0.15) is 5.82 Å². The van der Waals surface area contributed by atoms with Crippen molar-refractivity contribution in [2.24, 2.45) is 12.2 Å². The largest absolute Gasteiger partial charge is 0.378 e. The zero-order chi connectivity index (χ0) is 13.9. The van der Waals surface area contributed by atoms with Gasteiger partial charge in [-0.1, -0.05) is 12.1 Å². The minimum absolute atomic E-state index is 0.146. The minimum Gasteiger partial charge on any atom is -0.378 e. The standard InChI is InChI=1S/C12H16N4O2S/c1-16-7-6-14-12(16)8-15-11-4-2-10(3-5-11)9-19(13,17)18/h2-7,15H,8-9H2,1H3,(H2,13,17,18). The molecule has 0 spiro atoms. The molecule has 1 aromatic heterocycles. The molecule has 0 saturated carbocycles. The van der Waals surface area contributed by atoms with E-state index in [1.807, 2.05) is 29.9 Å². The van der Waals surface area contributed by atoms with Crippen molar-refractivity contribution >= 4 is 15.7 Å². The van der Waals surface area contributed by atoms with Crippen LogP contribution in [-0.2, 0) is 29.4 Å². The van der Waals surface area contributed by atoms with E-state index in [1.54, 1.807) is 18.3 Å². The smallest absolute Gasteiger partial charge is 0.213 e. The Bertz CT molecular complexity index is 647. The van der Waals surface area contributed by atoms with E-state index in [4.69, 9.17) is 5.14 Å². The van der Waals surface area contributed by atoms with Crippen LogP contribution in [0.5, 0.6) is 0 Å². The first-order valence-electron chi connectivity index (χ1n) is 5.73. The third-order valence-corrected chi connectivity index (χ3v) is 3.43. The lowest BCUT2D eigenvalue weighted by molar-refractivity contribution is 0.597. The van der Waals surface area contributed by atoms with Crippen LogP contribution >= 0.6 is 0 Å². The van der Waals surface area contributed by atoms with E-state index in [1.165, 1.54) is 0 Å². The molecular weight excluding hydrogens is 264 g/mol. The number of aromatic nitrogens is 2. The predicted molar refractivity (Wildman–Crippen MR) is 73.8 cm³/mol. The van der Waals surface area contributed by atoms with Gasteiger partial charge >= 0.3 is 0 Å². The first kappa shape index (κ1) is 13.6. The van der Waals surface area contributed by atoms with Gasteiger partial charge in [0.05, 0.1) is 12.3 Å². The summed E-state index contributed by atoms with van der Waals surface area (Å²) < 4.78 is 23.8. The summed E-state index contributed by atoms with van der Waals surface area (Å²) in [5.74, 6) is 0.778. The maximum atomic E-state index is 11.0. The Kier molecular flexibility index (Phi) is 3.87. The van der Waals surface area contributed by atoms with Crippen LogP contribution in [0.2, 0.25) is 0 Å². The van der Waals surface area contributed by atoms with E-state index >= 15 is 0 Å². The number of benzene rings is 1. The van der Waals surface area contributed by atoms with Crippen LogP contribution in [0.1, 0.15) is 11.4 Å². The van der Waals surface area contributed by atoms with Crippen molar-refractivity contribution in [1.29, 1.82) is 0 Å². The fraction of sp³-hybridized carbons (Fsp3) is 0.250. The monoisotopic (exact) mass is 280 g/mol. The lowest BCUT2D eigenvalue weighted by Gasteiger charge is -2.07. The van der Waals surface area contributed by atoms with Crippen LogP contribution in [0.25, 0.3) is 0 Å². The third kappa shape index (κ3) is 4.08. The summed E-state index contributed by atoms with van der Waals surface area (Å²) in [5.41, 5.74) is 1.58. The molecule has 0 atom stereocenters. The molecule has 0 aliphatic carbocycles. The second-order valence-corrected chi connectivity index (χ2v) is 5.93. The summed E-state index contributed by atoms with van der Waals surface area (Å²) in [6, 6.07) is 7.13. The van der Waals surface area contributed by atoms with Gasteiger partial charge in [0.2, 0.25) is 10.0 Å². The number of hydrogen-bond donors (Lipinski definition) is 2. The molecule has 0 saturated heterocycles. The maximum Gasteiger partial charge on any atom is 0.213 e. The Hall–Kier alpha value is -1.86. The summed E-state index contributed by atoms with van der Waals surface area (Å²) in [5, 5.41) is 8.20. The molecule has 0 unspecified atom stereocenters. The number of nitrogens with one attached hydrogen (secondary N) is 1. The van der Waals surface area contributed by atoms with Crippen LogP contribution in [0.3, 0.4) is 0 Å². The SMILES string of the molecule is Cn1ccnc1CNc1ccc(CS(N)(=O)=O)cc1. The zero-order valence-electron chi connectivity index (χ0n) is 10.6. The molecule has 1 heterocycles. The van der Waals surface area contributed by atoms with Crippen LogP contribution < -0.4 is 10.5 Å². The molecule has 1 aromatic carbocycles. The van der Waals surface area contributed by atoms with Crippen molar-refractivity contribution < 1.29 is 8.42 Å². The van der Waals surface area contributed by atoms with Crippen molar-refractivity contribution in [2.75, 3.05) is 5.32 Å². The maximum absolute atomic E-state index is 11.0. The Balaban J connectivity index is 1.97. The van der Waals surface area contributed by atoms with Gasteiger partial charge in [-0.2, -0.15) is 0 Å². The number of sulfonamides is 1. The molecule has 0 amide bonds. The fourth-order valence-electron chi connectivity index (χ4n) is 1.70. The molecule has 2 rings (SSSR count). The Labute approximate surface area is 112 Å². The molecule has 3 N–H and O–H groups in total. The number of hydrogen-bond acceptors (Lipinski definition) is 4. The quantitative estimate of drug-likeness (QED) is 0.848. The molecule has 19 heavy (non-hydrogen) atoms. The number of primary sulfonamides is 1. The second kappa shape index (κ2) is 5.41. The van der Waals surface area contributed by atoms with E-state index in [9.17, 15) is 8.42 Å². The number of anilines is 1. The molecule has 0 radical (unpaired) electrons. The van der Waals surface area contributed by atoms with Gasteiger partial charge in [-0.05, 0) is 17.7 Å². The van der Waals surface area contributed by atoms with Gasteiger partial charge in [-0.3, -0.25) is 0 Å². The Morgan fingerprint density at radius 3 is 2.53 bits per heavy atom. The summed E-state index contributed by atoms with van der Waals surface area (Å²) in [4.78, 5) is 4.20. The number of imidazole rings is 1. The molecule has 0 fully saturated rings. The summed E-state index contributed by atoms with van der Waals surface area (Å²) in [6.07, 6.45) is 3.62. The number of nitrogens with zero attached hydrogens (tertiary/aromatic N) is 2. The molecule has 102 valence electrons. The average Bonchev–Trinajstić information content (AvgIpc) is 2.72. The Morgan fingerprint density at radius 2 is 2.00 bits per heavy atom. The normalized spacial score (nSPS) is 11.5. The summed E-state index contributed by atoms with van der Waals surface area (Å²) in [6.45, 7) is 0.609. The van der Waals surface area contributed by atoms with E-state index in [2.05, 4.69) is 10.3 Å². The topological polar surface area (TPSA) is 90.0 Å². The van der Waals surface area contributed by atoms with Crippen LogP contribution in [0.15, 0.2) is 36.7 Å². The van der Waals surface area contributed by atoms with Crippen LogP contribution in [0.4, 0.5) is 5.69 Å². The number of rotatable bonds is 5. The highest BCUT2D eigenvalue weighted by molar-refractivity contribution is 7.88. The van der Waals surface area contributed by atoms with Gasteiger partial charge in [0.15, 0.2) is 0 Å². The van der Waals surface area contributed by atoms with E-state index in [0.717, 1.165) is 11.5 Å². The summed E-state index contributed by atoms with van der Waals surface area (Å²) >= 11 is 0.